The molecule has 0 unspecified atom stereocenters. The molecule has 0 bridgehead atoms. The van der Waals surface area contributed by atoms with Gasteiger partial charge in [0.05, 0.1) is 22.5 Å². The second-order valence-electron chi connectivity index (χ2n) is 16.0. The molecular weight excluding hydrogens is 703 g/mol. The monoisotopic (exact) mass is 741 g/mol. The van der Waals surface area contributed by atoms with Gasteiger partial charge in [-0.3, -0.25) is 4.98 Å². The molecule has 1 spiro atoms. The Hall–Kier alpha value is -7.23. The molecule has 7 aromatic carbocycles. The van der Waals surface area contributed by atoms with E-state index in [2.05, 4.69) is 189 Å². The van der Waals surface area contributed by atoms with Gasteiger partial charge in [0, 0.05) is 33.9 Å². The molecule has 0 saturated carbocycles. The highest BCUT2D eigenvalue weighted by Crippen LogP contribution is 2.62. The second-order valence-corrected chi connectivity index (χ2v) is 16.0. The van der Waals surface area contributed by atoms with Crippen molar-refractivity contribution in [1.29, 1.82) is 0 Å². The van der Waals surface area contributed by atoms with Crippen molar-refractivity contribution in [3.63, 3.8) is 0 Å². The fourth-order valence-electron chi connectivity index (χ4n) is 9.73. The molecule has 0 N–H and O–H groups in total. The van der Waals surface area contributed by atoms with E-state index >= 15 is 0 Å². The summed E-state index contributed by atoms with van der Waals surface area (Å²) in [6.07, 6.45) is 1.83. The number of hydrogen-bond acceptors (Lipinski definition) is 3. The molecule has 274 valence electrons. The Balaban J connectivity index is 1.06. The van der Waals surface area contributed by atoms with E-state index in [1.54, 1.807) is 0 Å². The lowest BCUT2D eigenvalue weighted by molar-refractivity contribution is 0.563. The van der Waals surface area contributed by atoms with Gasteiger partial charge in [0.15, 0.2) is 5.82 Å². The number of benzene rings is 7. The normalized spacial score (nSPS) is 14.0. The van der Waals surface area contributed by atoms with E-state index in [1.807, 2.05) is 30.5 Å². The zero-order chi connectivity index (χ0) is 38.8. The van der Waals surface area contributed by atoms with Gasteiger partial charge in [0.1, 0.15) is 0 Å². The largest absolute Gasteiger partial charge is 0.256 e. The highest BCUT2D eigenvalue weighted by atomic mass is 14.9. The fourth-order valence-corrected chi connectivity index (χ4v) is 9.73. The van der Waals surface area contributed by atoms with Gasteiger partial charge in [-0.1, -0.05) is 172 Å². The smallest absolute Gasteiger partial charge is 0.160 e. The summed E-state index contributed by atoms with van der Waals surface area (Å²) in [6, 6.07) is 70.0. The average Bonchev–Trinajstić information content (AvgIpc) is 3.59. The van der Waals surface area contributed by atoms with Crippen LogP contribution in [0, 0.1) is 0 Å². The van der Waals surface area contributed by atoms with Gasteiger partial charge in [0.25, 0.3) is 0 Å². The topological polar surface area (TPSA) is 38.7 Å². The number of nitrogens with zero attached hydrogens (tertiary/aromatic N) is 3. The number of rotatable bonds is 5. The molecule has 2 heterocycles. The first-order valence-electron chi connectivity index (χ1n) is 20.0. The molecule has 2 aromatic heterocycles. The standard InChI is InChI=1S/C55H39N3/c1-54(2)46-24-8-10-26-48(46)55(49-27-11-9-25-47(49)54)44-23-7-6-22-42(44)43-34-38(29-30-45(43)55)37-18-14-20-40(32-37)52-35-51(36-16-4-3-5-17-36)57-53(58-52)41-21-15-19-39(33-41)50-28-12-13-31-56-50/h3-35H,1-2H3. The first kappa shape index (κ1) is 34.1. The molecule has 0 saturated heterocycles. The van der Waals surface area contributed by atoms with Gasteiger partial charge in [-0.25, -0.2) is 9.97 Å². The van der Waals surface area contributed by atoms with Gasteiger partial charge in [0.2, 0.25) is 0 Å². The van der Waals surface area contributed by atoms with Crippen LogP contribution in [0.4, 0.5) is 0 Å². The molecule has 0 amide bonds. The summed E-state index contributed by atoms with van der Waals surface area (Å²) in [5, 5.41) is 0. The Bertz CT molecular complexity index is 2990. The van der Waals surface area contributed by atoms with Gasteiger partial charge < -0.3 is 0 Å². The third-order valence-corrected chi connectivity index (χ3v) is 12.4. The van der Waals surface area contributed by atoms with Crippen molar-refractivity contribution < 1.29 is 0 Å². The van der Waals surface area contributed by atoms with E-state index in [0.29, 0.717) is 5.82 Å². The van der Waals surface area contributed by atoms with E-state index in [4.69, 9.17) is 9.97 Å². The molecule has 2 aliphatic rings. The van der Waals surface area contributed by atoms with Crippen LogP contribution in [-0.4, -0.2) is 15.0 Å². The average molecular weight is 742 g/mol. The molecule has 0 fully saturated rings. The zero-order valence-electron chi connectivity index (χ0n) is 32.4. The van der Waals surface area contributed by atoms with Crippen LogP contribution in [0.1, 0.15) is 47.2 Å². The Morgan fingerprint density at radius 2 is 0.845 bits per heavy atom. The summed E-state index contributed by atoms with van der Waals surface area (Å²) in [7, 11) is 0. The molecule has 58 heavy (non-hydrogen) atoms. The van der Waals surface area contributed by atoms with Crippen molar-refractivity contribution in [2.75, 3.05) is 0 Å². The predicted octanol–water partition coefficient (Wildman–Crippen LogP) is 13.2. The predicted molar refractivity (Wildman–Crippen MR) is 236 cm³/mol. The molecule has 2 aliphatic carbocycles. The number of hydrogen-bond donors (Lipinski definition) is 0. The van der Waals surface area contributed by atoms with Crippen molar-refractivity contribution in [2.24, 2.45) is 0 Å². The van der Waals surface area contributed by atoms with Crippen LogP contribution in [0.25, 0.3) is 67.4 Å². The molecule has 11 rings (SSSR count). The molecule has 0 aliphatic heterocycles. The zero-order valence-corrected chi connectivity index (χ0v) is 32.4. The van der Waals surface area contributed by atoms with Crippen molar-refractivity contribution in [3.8, 4) is 67.4 Å². The van der Waals surface area contributed by atoms with Gasteiger partial charge in [-0.2, -0.15) is 0 Å². The minimum absolute atomic E-state index is 0.125. The van der Waals surface area contributed by atoms with E-state index in [0.717, 1.165) is 44.9 Å². The van der Waals surface area contributed by atoms with Crippen molar-refractivity contribution in [2.45, 2.75) is 24.7 Å². The van der Waals surface area contributed by atoms with E-state index in [9.17, 15) is 0 Å². The Kier molecular flexibility index (Phi) is 7.74. The number of fused-ring (bicyclic) bond motifs is 9. The fraction of sp³-hybridized carbons (Fsp3) is 0.0727. The minimum atomic E-state index is -0.409. The van der Waals surface area contributed by atoms with Crippen molar-refractivity contribution in [1.82, 2.24) is 15.0 Å². The first-order chi connectivity index (χ1) is 28.5. The summed E-state index contributed by atoms with van der Waals surface area (Å²) in [4.78, 5) is 15.0. The van der Waals surface area contributed by atoms with Crippen LogP contribution >= 0.6 is 0 Å². The summed E-state index contributed by atoms with van der Waals surface area (Å²) in [5.41, 5.74) is 19.3. The Labute approximate surface area is 339 Å². The molecule has 9 aromatic rings. The van der Waals surface area contributed by atoms with E-state index in [1.165, 1.54) is 50.1 Å². The molecular formula is C55H39N3. The maximum atomic E-state index is 5.24. The summed E-state index contributed by atoms with van der Waals surface area (Å²) >= 11 is 0. The summed E-state index contributed by atoms with van der Waals surface area (Å²) in [6.45, 7) is 4.75. The third kappa shape index (κ3) is 5.17. The van der Waals surface area contributed by atoms with Crippen LogP contribution in [0.15, 0.2) is 200 Å². The third-order valence-electron chi connectivity index (χ3n) is 12.4. The summed E-state index contributed by atoms with van der Waals surface area (Å²) < 4.78 is 0. The van der Waals surface area contributed by atoms with Gasteiger partial charge in [-0.05, 0) is 92.0 Å². The van der Waals surface area contributed by atoms with Crippen molar-refractivity contribution in [3.05, 3.63) is 234 Å². The lowest BCUT2D eigenvalue weighted by atomic mass is 9.55. The number of pyridine rings is 1. The Morgan fingerprint density at radius 3 is 1.55 bits per heavy atom. The highest BCUT2D eigenvalue weighted by Gasteiger charge is 2.53. The van der Waals surface area contributed by atoms with Gasteiger partial charge in [-0.15, -0.1) is 0 Å². The molecule has 3 nitrogen and oxygen atoms in total. The van der Waals surface area contributed by atoms with Crippen LogP contribution < -0.4 is 0 Å². The number of aromatic nitrogens is 3. The minimum Gasteiger partial charge on any atom is -0.256 e. The maximum Gasteiger partial charge on any atom is 0.160 e. The quantitative estimate of drug-likeness (QED) is 0.176. The van der Waals surface area contributed by atoms with Crippen LogP contribution in [0.2, 0.25) is 0 Å². The van der Waals surface area contributed by atoms with Crippen LogP contribution in [0.5, 0.6) is 0 Å². The van der Waals surface area contributed by atoms with Crippen molar-refractivity contribution >= 4 is 0 Å². The lowest BCUT2D eigenvalue weighted by Crippen LogP contribution is -2.40. The summed E-state index contributed by atoms with van der Waals surface area (Å²) in [5.74, 6) is 0.676. The van der Waals surface area contributed by atoms with Crippen LogP contribution in [0.3, 0.4) is 0 Å². The maximum absolute atomic E-state index is 5.24. The molecule has 0 radical (unpaired) electrons. The lowest BCUT2D eigenvalue weighted by Gasteiger charge is -2.46. The second kappa shape index (κ2) is 13.2. The van der Waals surface area contributed by atoms with Gasteiger partial charge >= 0.3 is 0 Å². The van der Waals surface area contributed by atoms with Crippen LogP contribution in [-0.2, 0) is 10.8 Å². The Morgan fingerprint density at radius 1 is 0.328 bits per heavy atom. The highest BCUT2D eigenvalue weighted by molar-refractivity contribution is 5.91. The molecule has 0 atom stereocenters. The first-order valence-corrected chi connectivity index (χ1v) is 20.0. The van der Waals surface area contributed by atoms with E-state index < -0.39 is 5.41 Å². The molecule has 3 heteroatoms. The van der Waals surface area contributed by atoms with E-state index in [-0.39, 0.29) is 5.41 Å². The SMILES string of the molecule is CC1(C)c2ccccc2C2(c3ccccc3-c3cc(-c4cccc(-c5cc(-c6ccccc6)nc(-c6cccc(-c7ccccn7)c6)n5)c4)ccc32)c2ccccc21.